The molecule has 21 heavy (non-hydrogen) atoms. The molecule has 0 aliphatic carbocycles. The van der Waals surface area contributed by atoms with Crippen molar-refractivity contribution < 1.29 is 4.79 Å². The van der Waals surface area contributed by atoms with E-state index in [-0.39, 0.29) is 5.91 Å². The molecule has 0 unspecified atom stereocenters. The fraction of sp³-hybridized carbons (Fsp3) is 0.0667. The molecule has 1 N–H and O–H groups in total. The average molecular weight is 296 g/mol. The molecule has 0 aliphatic heterocycles. The molecule has 0 saturated heterocycles. The molecule has 104 valence electrons. The molecule has 3 rings (SSSR count). The summed E-state index contributed by atoms with van der Waals surface area (Å²) in [6, 6.07) is 9.13. The van der Waals surface area contributed by atoms with Crippen LogP contribution in [0.1, 0.15) is 16.1 Å². The first-order chi connectivity index (χ1) is 10.2. The lowest BCUT2D eigenvalue weighted by molar-refractivity contribution is 0.102. The third-order valence-electron chi connectivity index (χ3n) is 2.79. The van der Waals surface area contributed by atoms with Crippen LogP contribution in [0, 0.1) is 6.92 Å². The summed E-state index contributed by atoms with van der Waals surface area (Å²) in [4.78, 5) is 24.8. The topological polar surface area (TPSA) is 67.8 Å². The van der Waals surface area contributed by atoms with E-state index in [2.05, 4.69) is 20.3 Å². The van der Waals surface area contributed by atoms with Crippen molar-refractivity contribution in [3.63, 3.8) is 0 Å². The minimum absolute atomic E-state index is 0.218. The number of amides is 1. The van der Waals surface area contributed by atoms with Gasteiger partial charge in [-0.25, -0.2) is 4.98 Å². The highest BCUT2D eigenvalue weighted by Crippen LogP contribution is 2.17. The highest BCUT2D eigenvalue weighted by molar-refractivity contribution is 7.13. The van der Waals surface area contributed by atoms with Crippen LogP contribution in [0.3, 0.4) is 0 Å². The summed E-state index contributed by atoms with van der Waals surface area (Å²) in [6.07, 6.45) is 3.25. The first kappa shape index (κ1) is 13.4. The largest absolute Gasteiger partial charge is 0.298 e. The maximum atomic E-state index is 12.1. The van der Waals surface area contributed by atoms with Crippen molar-refractivity contribution in [2.45, 2.75) is 6.92 Å². The first-order valence-corrected chi connectivity index (χ1v) is 7.21. The Hall–Kier alpha value is -2.60. The number of aromatic nitrogens is 3. The molecule has 0 radical (unpaired) electrons. The fourth-order valence-electron chi connectivity index (χ4n) is 1.77. The number of hydrogen-bond donors (Lipinski definition) is 1. The fourth-order valence-corrected chi connectivity index (χ4v) is 2.46. The normalized spacial score (nSPS) is 10.3. The third kappa shape index (κ3) is 3.11. The molecule has 1 amide bonds. The van der Waals surface area contributed by atoms with Gasteiger partial charge in [0.1, 0.15) is 0 Å². The van der Waals surface area contributed by atoms with Crippen molar-refractivity contribution in [2.24, 2.45) is 0 Å². The number of hydrogen-bond acceptors (Lipinski definition) is 5. The molecule has 0 saturated carbocycles. The van der Waals surface area contributed by atoms with Gasteiger partial charge in [0.25, 0.3) is 5.91 Å². The molecular weight excluding hydrogens is 284 g/mol. The Kier molecular flexibility index (Phi) is 3.70. The number of nitrogens with one attached hydrogen (secondary N) is 1. The van der Waals surface area contributed by atoms with Crippen LogP contribution < -0.4 is 5.32 Å². The van der Waals surface area contributed by atoms with E-state index in [1.807, 2.05) is 30.5 Å². The Morgan fingerprint density at radius 1 is 1.14 bits per heavy atom. The van der Waals surface area contributed by atoms with Gasteiger partial charge in [0.15, 0.2) is 5.13 Å². The summed E-state index contributed by atoms with van der Waals surface area (Å²) in [5.41, 5.74) is 2.89. The highest BCUT2D eigenvalue weighted by atomic mass is 32.1. The third-order valence-corrected chi connectivity index (χ3v) is 3.67. The maximum Gasteiger partial charge on any atom is 0.259 e. The molecule has 0 aliphatic rings. The van der Waals surface area contributed by atoms with Crippen LogP contribution in [0.5, 0.6) is 0 Å². The second kappa shape index (κ2) is 5.80. The molecule has 0 spiro atoms. The van der Waals surface area contributed by atoms with Crippen molar-refractivity contribution in [3.05, 3.63) is 59.4 Å². The van der Waals surface area contributed by atoms with Crippen LogP contribution >= 0.6 is 11.3 Å². The number of carbonyl (C=O) groups excluding carboxylic acids is 1. The molecule has 5 nitrogen and oxygen atoms in total. The quantitative estimate of drug-likeness (QED) is 0.806. The molecular formula is C15H12N4OS. The van der Waals surface area contributed by atoms with Crippen molar-refractivity contribution in [1.29, 1.82) is 0 Å². The Labute approximate surface area is 125 Å². The van der Waals surface area contributed by atoms with Crippen LogP contribution in [0.4, 0.5) is 5.13 Å². The van der Waals surface area contributed by atoms with Crippen LogP contribution in [-0.4, -0.2) is 20.9 Å². The standard InChI is InChI=1S/C15H12N4OS/c1-10-9-21-15(18-10)19-14(20)11-5-6-13(17-8-11)12-4-2-3-7-16-12/h2-9H,1H3,(H,18,19,20). The summed E-state index contributed by atoms with van der Waals surface area (Å²) in [6.45, 7) is 1.88. The van der Waals surface area contributed by atoms with Gasteiger partial charge in [0, 0.05) is 17.8 Å². The Morgan fingerprint density at radius 3 is 2.62 bits per heavy atom. The van der Waals surface area contributed by atoms with Gasteiger partial charge in [-0.1, -0.05) is 6.07 Å². The SMILES string of the molecule is Cc1csc(NC(=O)c2ccc(-c3ccccn3)nc2)n1. The van der Waals surface area contributed by atoms with Crippen molar-refractivity contribution in [3.8, 4) is 11.4 Å². The van der Waals surface area contributed by atoms with E-state index in [4.69, 9.17) is 0 Å². The van der Waals surface area contributed by atoms with Gasteiger partial charge in [-0.15, -0.1) is 11.3 Å². The van der Waals surface area contributed by atoms with E-state index in [1.165, 1.54) is 11.3 Å². The Bertz CT molecular complexity index is 753. The zero-order chi connectivity index (χ0) is 14.7. The van der Waals surface area contributed by atoms with Crippen LogP contribution in [-0.2, 0) is 0 Å². The smallest absolute Gasteiger partial charge is 0.259 e. The Balaban J connectivity index is 1.76. The number of pyridine rings is 2. The molecule has 3 aromatic rings. The van der Waals surface area contributed by atoms with Crippen molar-refractivity contribution in [2.75, 3.05) is 5.32 Å². The second-order valence-corrected chi connectivity index (χ2v) is 5.25. The first-order valence-electron chi connectivity index (χ1n) is 6.33. The lowest BCUT2D eigenvalue weighted by Crippen LogP contribution is -2.12. The minimum atomic E-state index is -0.218. The summed E-state index contributed by atoms with van der Waals surface area (Å²) in [5, 5.41) is 5.23. The van der Waals surface area contributed by atoms with Gasteiger partial charge in [-0.05, 0) is 31.2 Å². The van der Waals surface area contributed by atoms with E-state index in [1.54, 1.807) is 24.5 Å². The lowest BCUT2D eigenvalue weighted by Gasteiger charge is -2.03. The molecule has 0 bridgehead atoms. The van der Waals surface area contributed by atoms with E-state index in [0.717, 1.165) is 17.1 Å². The zero-order valence-corrected chi connectivity index (χ0v) is 12.1. The molecule has 6 heteroatoms. The molecule has 0 fully saturated rings. The summed E-state index contributed by atoms with van der Waals surface area (Å²) in [7, 11) is 0. The number of aryl methyl sites for hydroxylation is 1. The monoisotopic (exact) mass is 296 g/mol. The maximum absolute atomic E-state index is 12.1. The van der Waals surface area contributed by atoms with E-state index in [9.17, 15) is 4.79 Å². The van der Waals surface area contributed by atoms with Crippen LogP contribution in [0.2, 0.25) is 0 Å². The zero-order valence-electron chi connectivity index (χ0n) is 11.3. The number of carbonyl (C=O) groups is 1. The van der Waals surface area contributed by atoms with E-state index in [0.29, 0.717) is 10.7 Å². The molecule has 0 atom stereocenters. The molecule has 3 aromatic heterocycles. The minimum Gasteiger partial charge on any atom is -0.298 e. The lowest BCUT2D eigenvalue weighted by atomic mass is 10.2. The summed E-state index contributed by atoms with van der Waals surface area (Å²) in [5.74, 6) is -0.218. The van der Waals surface area contributed by atoms with Gasteiger partial charge in [-0.2, -0.15) is 0 Å². The van der Waals surface area contributed by atoms with Crippen molar-refractivity contribution in [1.82, 2.24) is 15.0 Å². The number of anilines is 1. The average Bonchev–Trinajstić information content (AvgIpc) is 2.93. The van der Waals surface area contributed by atoms with Crippen molar-refractivity contribution >= 4 is 22.4 Å². The highest BCUT2D eigenvalue weighted by Gasteiger charge is 2.09. The predicted octanol–water partition coefficient (Wildman–Crippen LogP) is 3.16. The number of rotatable bonds is 3. The van der Waals surface area contributed by atoms with Gasteiger partial charge in [0.2, 0.25) is 0 Å². The van der Waals surface area contributed by atoms with Crippen LogP contribution in [0.25, 0.3) is 11.4 Å². The van der Waals surface area contributed by atoms with Gasteiger partial charge in [-0.3, -0.25) is 20.1 Å². The molecule has 3 heterocycles. The van der Waals surface area contributed by atoms with Gasteiger partial charge in [0.05, 0.1) is 22.6 Å². The van der Waals surface area contributed by atoms with Gasteiger partial charge < -0.3 is 0 Å². The van der Waals surface area contributed by atoms with Crippen LogP contribution in [0.15, 0.2) is 48.1 Å². The Morgan fingerprint density at radius 2 is 2.00 bits per heavy atom. The number of nitrogens with zero attached hydrogens (tertiary/aromatic N) is 3. The van der Waals surface area contributed by atoms with Gasteiger partial charge >= 0.3 is 0 Å². The number of thiazole rings is 1. The second-order valence-electron chi connectivity index (χ2n) is 4.40. The summed E-state index contributed by atoms with van der Waals surface area (Å²) < 4.78 is 0. The predicted molar refractivity (Wildman–Crippen MR) is 82.3 cm³/mol. The van der Waals surface area contributed by atoms with E-state index >= 15 is 0 Å². The summed E-state index contributed by atoms with van der Waals surface area (Å²) >= 11 is 1.40. The molecule has 0 aromatic carbocycles. The van der Waals surface area contributed by atoms with E-state index < -0.39 is 0 Å².